The normalized spacial score (nSPS) is 25.5. The minimum absolute atomic E-state index is 0.163. The van der Waals surface area contributed by atoms with Crippen LogP contribution in [0.5, 0.6) is 0 Å². The Kier molecular flexibility index (Phi) is 3.47. The molecule has 82 valence electrons. The molecule has 1 heterocycles. The minimum atomic E-state index is -0.892. The standard InChI is InChI=1S/C9H16O5/c1-9(2)13-7(8(12)14-9)3-6(4-10)5-11/h6-7,10-11H,3-5H2,1-2H3. The zero-order valence-corrected chi connectivity index (χ0v) is 8.40. The molecule has 0 saturated carbocycles. The fourth-order valence-electron chi connectivity index (χ4n) is 1.38. The third-order valence-electron chi connectivity index (χ3n) is 2.10. The molecule has 5 heteroatoms. The van der Waals surface area contributed by atoms with E-state index in [1.54, 1.807) is 13.8 Å². The Morgan fingerprint density at radius 2 is 2.00 bits per heavy atom. The van der Waals surface area contributed by atoms with Gasteiger partial charge in [-0.3, -0.25) is 0 Å². The number of hydrogen-bond donors (Lipinski definition) is 2. The highest BCUT2D eigenvalue weighted by molar-refractivity contribution is 5.76. The third-order valence-corrected chi connectivity index (χ3v) is 2.10. The van der Waals surface area contributed by atoms with Gasteiger partial charge in [0.25, 0.3) is 0 Å². The van der Waals surface area contributed by atoms with Crippen LogP contribution in [0.25, 0.3) is 0 Å². The van der Waals surface area contributed by atoms with Crippen molar-refractivity contribution >= 4 is 5.97 Å². The van der Waals surface area contributed by atoms with Crippen LogP contribution in [0.4, 0.5) is 0 Å². The van der Waals surface area contributed by atoms with Gasteiger partial charge in [-0.2, -0.15) is 0 Å². The maximum absolute atomic E-state index is 11.2. The van der Waals surface area contributed by atoms with Crippen LogP contribution in [-0.2, 0) is 14.3 Å². The van der Waals surface area contributed by atoms with Crippen molar-refractivity contribution < 1.29 is 24.5 Å². The Morgan fingerprint density at radius 1 is 1.43 bits per heavy atom. The molecule has 1 fully saturated rings. The largest absolute Gasteiger partial charge is 0.432 e. The van der Waals surface area contributed by atoms with E-state index >= 15 is 0 Å². The molecular weight excluding hydrogens is 188 g/mol. The van der Waals surface area contributed by atoms with Crippen LogP contribution in [0.3, 0.4) is 0 Å². The quantitative estimate of drug-likeness (QED) is 0.612. The lowest BCUT2D eigenvalue weighted by Gasteiger charge is -2.17. The first-order valence-electron chi connectivity index (χ1n) is 4.61. The maximum Gasteiger partial charge on any atom is 0.337 e. The number of rotatable bonds is 4. The van der Waals surface area contributed by atoms with Gasteiger partial charge < -0.3 is 19.7 Å². The second-order valence-electron chi connectivity index (χ2n) is 3.89. The lowest BCUT2D eigenvalue weighted by atomic mass is 10.0. The summed E-state index contributed by atoms with van der Waals surface area (Å²) in [6, 6.07) is 0. The van der Waals surface area contributed by atoms with Gasteiger partial charge in [0.05, 0.1) is 0 Å². The summed E-state index contributed by atoms with van der Waals surface area (Å²) in [5, 5.41) is 17.7. The number of esters is 1. The number of aliphatic hydroxyl groups excluding tert-OH is 2. The number of cyclic esters (lactones) is 1. The third kappa shape index (κ3) is 2.67. The van der Waals surface area contributed by atoms with Crippen molar-refractivity contribution in [2.24, 2.45) is 5.92 Å². The first-order chi connectivity index (χ1) is 6.48. The van der Waals surface area contributed by atoms with E-state index in [9.17, 15) is 4.79 Å². The number of aliphatic hydroxyl groups is 2. The molecule has 0 aromatic heterocycles. The summed E-state index contributed by atoms with van der Waals surface area (Å²) in [7, 11) is 0. The van der Waals surface area contributed by atoms with Crippen LogP contribution < -0.4 is 0 Å². The number of ether oxygens (including phenoxy) is 2. The Hall–Kier alpha value is -0.650. The van der Waals surface area contributed by atoms with Gasteiger partial charge in [-0.1, -0.05) is 0 Å². The molecule has 2 N–H and O–H groups in total. The van der Waals surface area contributed by atoms with Gasteiger partial charge in [0.1, 0.15) is 0 Å². The van der Waals surface area contributed by atoms with Crippen LogP contribution in [-0.4, -0.2) is 41.3 Å². The zero-order valence-electron chi connectivity index (χ0n) is 8.40. The van der Waals surface area contributed by atoms with E-state index in [1.165, 1.54) is 0 Å². The fraction of sp³-hybridized carbons (Fsp3) is 0.889. The Balaban J connectivity index is 2.50. The minimum Gasteiger partial charge on any atom is -0.432 e. The highest BCUT2D eigenvalue weighted by Gasteiger charge is 2.41. The van der Waals surface area contributed by atoms with Crippen molar-refractivity contribution in [1.82, 2.24) is 0 Å². The van der Waals surface area contributed by atoms with Crippen molar-refractivity contribution in [1.29, 1.82) is 0 Å². The average Bonchev–Trinajstić information content (AvgIpc) is 2.35. The van der Waals surface area contributed by atoms with Gasteiger partial charge >= 0.3 is 5.97 Å². The summed E-state index contributed by atoms with van der Waals surface area (Å²) < 4.78 is 10.2. The smallest absolute Gasteiger partial charge is 0.337 e. The number of carbonyl (C=O) groups excluding carboxylic acids is 1. The van der Waals surface area contributed by atoms with E-state index in [0.29, 0.717) is 0 Å². The van der Waals surface area contributed by atoms with E-state index in [-0.39, 0.29) is 25.6 Å². The van der Waals surface area contributed by atoms with E-state index < -0.39 is 17.9 Å². The molecular formula is C9H16O5. The van der Waals surface area contributed by atoms with E-state index in [2.05, 4.69) is 0 Å². The molecule has 5 nitrogen and oxygen atoms in total. The molecule has 1 aliphatic rings. The molecule has 14 heavy (non-hydrogen) atoms. The van der Waals surface area contributed by atoms with Crippen LogP contribution in [0.1, 0.15) is 20.3 Å². The molecule has 1 atom stereocenters. The van der Waals surface area contributed by atoms with Crippen molar-refractivity contribution in [3.8, 4) is 0 Å². The van der Waals surface area contributed by atoms with Crippen LogP contribution in [0.2, 0.25) is 0 Å². The molecule has 0 aromatic rings. The highest BCUT2D eigenvalue weighted by atomic mass is 16.8. The molecule has 0 spiro atoms. The van der Waals surface area contributed by atoms with Crippen molar-refractivity contribution in [3.05, 3.63) is 0 Å². The zero-order chi connectivity index (χ0) is 10.8. The molecule has 1 saturated heterocycles. The van der Waals surface area contributed by atoms with Crippen LogP contribution >= 0.6 is 0 Å². The van der Waals surface area contributed by atoms with Gasteiger partial charge in [-0.25, -0.2) is 4.79 Å². The summed E-state index contributed by atoms with van der Waals surface area (Å²) >= 11 is 0. The SMILES string of the molecule is CC1(C)OC(=O)C(CC(CO)CO)O1. The number of carbonyl (C=O) groups is 1. The van der Waals surface area contributed by atoms with Crippen molar-refractivity contribution in [3.63, 3.8) is 0 Å². The summed E-state index contributed by atoms with van der Waals surface area (Å²) in [5.74, 6) is -1.65. The molecule has 0 radical (unpaired) electrons. The van der Waals surface area contributed by atoms with Gasteiger partial charge in [0.2, 0.25) is 5.79 Å². The molecule has 0 aliphatic carbocycles. The van der Waals surface area contributed by atoms with E-state index in [4.69, 9.17) is 19.7 Å². The second kappa shape index (κ2) is 4.25. The maximum atomic E-state index is 11.2. The predicted molar refractivity (Wildman–Crippen MR) is 47.3 cm³/mol. The van der Waals surface area contributed by atoms with Gasteiger partial charge in [-0.05, 0) is 6.42 Å². The first kappa shape index (κ1) is 11.4. The van der Waals surface area contributed by atoms with E-state index in [1.807, 2.05) is 0 Å². The monoisotopic (exact) mass is 204 g/mol. The Labute approximate surface area is 82.6 Å². The van der Waals surface area contributed by atoms with Crippen LogP contribution in [0.15, 0.2) is 0 Å². The van der Waals surface area contributed by atoms with Gasteiger partial charge in [-0.15, -0.1) is 0 Å². The predicted octanol–water partition coefficient (Wildman–Crippen LogP) is -0.345. The molecule has 1 rings (SSSR count). The number of hydrogen-bond acceptors (Lipinski definition) is 5. The average molecular weight is 204 g/mol. The molecule has 1 aliphatic heterocycles. The summed E-state index contributed by atoms with van der Waals surface area (Å²) in [6.07, 6.45) is -0.385. The molecule has 0 amide bonds. The summed E-state index contributed by atoms with van der Waals surface area (Å²) in [6.45, 7) is 2.98. The lowest BCUT2D eigenvalue weighted by Crippen LogP contribution is -2.25. The van der Waals surface area contributed by atoms with Gasteiger partial charge in [0, 0.05) is 33.0 Å². The summed E-state index contributed by atoms with van der Waals surface area (Å²) in [5.41, 5.74) is 0. The highest BCUT2D eigenvalue weighted by Crippen LogP contribution is 2.27. The molecule has 1 unspecified atom stereocenters. The van der Waals surface area contributed by atoms with Crippen molar-refractivity contribution in [2.75, 3.05) is 13.2 Å². The Bertz CT molecular complexity index is 209. The lowest BCUT2D eigenvalue weighted by molar-refractivity contribution is -0.161. The van der Waals surface area contributed by atoms with Gasteiger partial charge in [0.15, 0.2) is 6.10 Å². The molecule has 0 bridgehead atoms. The Morgan fingerprint density at radius 3 is 2.36 bits per heavy atom. The van der Waals surface area contributed by atoms with Crippen LogP contribution in [0, 0.1) is 5.92 Å². The fourth-order valence-corrected chi connectivity index (χ4v) is 1.38. The second-order valence-corrected chi connectivity index (χ2v) is 3.89. The summed E-state index contributed by atoms with van der Waals surface area (Å²) in [4.78, 5) is 11.2. The van der Waals surface area contributed by atoms with E-state index in [0.717, 1.165) is 0 Å². The topological polar surface area (TPSA) is 76.0 Å². The first-order valence-corrected chi connectivity index (χ1v) is 4.61. The molecule has 0 aromatic carbocycles. The van der Waals surface area contributed by atoms with Crippen molar-refractivity contribution in [2.45, 2.75) is 32.2 Å².